The Labute approximate surface area is 169 Å². The van der Waals surface area contributed by atoms with Gasteiger partial charge in [-0.1, -0.05) is 17.7 Å². The van der Waals surface area contributed by atoms with Gasteiger partial charge in [-0.15, -0.1) is 0 Å². The van der Waals surface area contributed by atoms with Crippen molar-refractivity contribution < 1.29 is 26.1 Å². The van der Waals surface area contributed by atoms with Crippen molar-refractivity contribution in [3.8, 4) is 0 Å². The van der Waals surface area contributed by atoms with Crippen LogP contribution in [0.3, 0.4) is 0 Å². The van der Waals surface area contributed by atoms with Gasteiger partial charge >= 0.3 is 6.18 Å². The zero-order valence-electron chi connectivity index (χ0n) is 16.3. The van der Waals surface area contributed by atoms with E-state index in [0.717, 1.165) is 43.8 Å². The third-order valence-electron chi connectivity index (χ3n) is 7.24. The van der Waals surface area contributed by atoms with Crippen molar-refractivity contribution in [1.82, 2.24) is 10.6 Å². The van der Waals surface area contributed by atoms with Gasteiger partial charge in [-0.05, 0) is 81.0 Å². The molecule has 29 heavy (non-hydrogen) atoms. The van der Waals surface area contributed by atoms with Crippen molar-refractivity contribution in [2.45, 2.75) is 55.6 Å². The molecule has 0 radical (unpaired) electrons. The monoisotopic (exact) mass is 432 g/mol. The first kappa shape index (κ1) is 21.1. The zero-order chi connectivity index (χ0) is 21.1. The first-order chi connectivity index (χ1) is 13.4. The molecule has 0 unspecified atom stereocenters. The molecule has 1 aromatic rings. The summed E-state index contributed by atoms with van der Waals surface area (Å²) < 4.78 is 68.0. The number of nitrogens with one attached hydrogen (secondary N) is 2. The molecule has 5 aliphatic rings. The maximum atomic E-state index is 12.8. The van der Waals surface area contributed by atoms with Crippen molar-refractivity contribution in [1.29, 1.82) is 0 Å². The van der Waals surface area contributed by atoms with Crippen LogP contribution >= 0.6 is 0 Å². The van der Waals surface area contributed by atoms with E-state index >= 15 is 0 Å². The fourth-order valence-electron chi connectivity index (χ4n) is 5.18. The van der Waals surface area contributed by atoms with E-state index in [4.69, 9.17) is 4.55 Å². The molecule has 1 aromatic carbocycles. The van der Waals surface area contributed by atoms with E-state index in [9.17, 15) is 21.6 Å². The Morgan fingerprint density at radius 3 is 2.07 bits per heavy atom. The van der Waals surface area contributed by atoms with Crippen molar-refractivity contribution in [3.05, 3.63) is 29.8 Å². The Morgan fingerprint density at radius 1 is 1.14 bits per heavy atom. The Bertz CT molecular complexity index is 855. The fraction of sp³-hybridized carbons (Fsp3) is 0.700. The van der Waals surface area contributed by atoms with Crippen LogP contribution < -0.4 is 10.6 Å². The predicted octanol–water partition coefficient (Wildman–Crippen LogP) is 3.30. The van der Waals surface area contributed by atoms with Gasteiger partial charge in [-0.3, -0.25) is 4.55 Å². The summed E-state index contributed by atoms with van der Waals surface area (Å²) in [7, 11) is -4.02. The van der Waals surface area contributed by atoms with Gasteiger partial charge in [-0.25, -0.2) is 0 Å². The van der Waals surface area contributed by atoms with Crippen LogP contribution in [0.15, 0.2) is 29.2 Å². The van der Waals surface area contributed by atoms with Gasteiger partial charge in [0.05, 0.1) is 4.90 Å². The average molecular weight is 433 g/mol. The zero-order valence-corrected chi connectivity index (χ0v) is 17.2. The van der Waals surface area contributed by atoms with Gasteiger partial charge in [0.1, 0.15) is 5.54 Å². The van der Waals surface area contributed by atoms with E-state index in [1.807, 2.05) is 6.92 Å². The molecule has 3 N–H and O–H groups in total. The summed E-state index contributed by atoms with van der Waals surface area (Å²) in [6.45, 7) is 4.66. The molecular formula is C20H27F3N2O3S. The molecule has 162 valence electrons. The molecule has 9 heteroatoms. The van der Waals surface area contributed by atoms with Crippen LogP contribution in [-0.4, -0.2) is 44.3 Å². The summed E-state index contributed by atoms with van der Waals surface area (Å²) in [5.41, 5.74) is 0.170. The lowest BCUT2D eigenvalue weighted by Gasteiger charge is -2.75. The van der Waals surface area contributed by atoms with E-state index in [1.165, 1.54) is 12.1 Å². The predicted molar refractivity (Wildman–Crippen MR) is 102 cm³/mol. The van der Waals surface area contributed by atoms with Gasteiger partial charge in [-0.2, -0.15) is 21.6 Å². The maximum Gasteiger partial charge on any atom is 0.406 e. The molecule has 0 spiro atoms. The first-order valence-corrected chi connectivity index (χ1v) is 11.4. The second kappa shape index (κ2) is 6.67. The number of rotatable bonds is 5. The molecular weight excluding hydrogens is 405 g/mol. The summed E-state index contributed by atoms with van der Waals surface area (Å²) in [6, 6.07) is 5.99. The number of alkyl halides is 3. The van der Waals surface area contributed by atoms with E-state index < -0.39 is 21.8 Å². The van der Waals surface area contributed by atoms with Crippen LogP contribution in [0, 0.1) is 23.7 Å². The van der Waals surface area contributed by atoms with E-state index in [2.05, 4.69) is 10.6 Å². The third-order valence-corrected chi connectivity index (χ3v) is 8.11. The Morgan fingerprint density at radius 2 is 1.69 bits per heavy atom. The number of benzene rings is 1. The molecule has 1 heterocycles. The van der Waals surface area contributed by atoms with E-state index in [-0.39, 0.29) is 23.2 Å². The van der Waals surface area contributed by atoms with Crippen LogP contribution in [0.1, 0.15) is 37.7 Å². The van der Waals surface area contributed by atoms with Crippen LogP contribution in [0.25, 0.3) is 0 Å². The standard InChI is InChI=1S/C13H19F3N2.C7H8O3S/c14-13(15,16)12(1-2-12)18-8-10-5-11(6-10,7-10)9-3-17-4-9;1-6-2-4-7(5-3-6)11(8,9)10/h9,17-18H,1-8H2;2-5H,1H3,(H,8,9,10). The number of aryl methyl sites for hydroxylation is 1. The minimum Gasteiger partial charge on any atom is -0.316 e. The van der Waals surface area contributed by atoms with Gasteiger partial charge in [0.25, 0.3) is 10.1 Å². The maximum absolute atomic E-state index is 12.8. The molecule has 4 aliphatic carbocycles. The molecule has 4 saturated carbocycles. The van der Waals surface area contributed by atoms with Crippen LogP contribution in [0.2, 0.25) is 0 Å². The molecule has 0 amide bonds. The van der Waals surface area contributed by atoms with Gasteiger partial charge < -0.3 is 10.6 Å². The normalized spacial score (nSPS) is 32.2. The van der Waals surface area contributed by atoms with Crippen molar-refractivity contribution in [3.63, 3.8) is 0 Å². The summed E-state index contributed by atoms with van der Waals surface area (Å²) >= 11 is 0. The second-order valence-corrected chi connectivity index (χ2v) is 10.9. The Hall–Kier alpha value is -1.16. The Kier molecular flexibility index (Phi) is 4.85. The summed E-state index contributed by atoms with van der Waals surface area (Å²) in [4.78, 5) is -0.0666. The fourth-order valence-corrected chi connectivity index (χ4v) is 5.66. The lowest BCUT2D eigenvalue weighted by molar-refractivity contribution is -0.245. The van der Waals surface area contributed by atoms with Crippen LogP contribution in [-0.2, 0) is 10.1 Å². The smallest absolute Gasteiger partial charge is 0.316 e. The van der Waals surface area contributed by atoms with E-state index in [1.54, 1.807) is 12.1 Å². The van der Waals surface area contributed by atoms with Crippen molar-refractivity contribution in [2.75, 3.05) is 19.6 Å². The van der Waals surface area contributed by atoms with Crippen LogP contribution in [0.5, 0.6) is 0 Å². The topological polar surface area (TPSA) is 78.4 Å². The highest BCUT2D eigenvalue weighted by Gasteiger charge is 2.71. The first-order valence-electron chi connectivity index (χ1n) is 9.96. The van der Waals surface area contributed by atoms with Crippen LogP contribution in [0.4, 0.5) is 13.2 Å². The highest BCUT2D eigenvalue weighted by Crippen LogP contribution is 2.76. The number of hydrogen-bond donors (Lipinski definition) is 3. The quantitative estimate of drug-likeness (QED) is 0.623. The van der Waals surface area contributed by atoms with E-state index in [0.29, 0.717) is 12.0 Å². The summed E-state index contributed by atoms with van der Waals surface area (Å²) in [5, 5.41) is 6.14. The summed E-state index contributed by atoms with van der Waals surface area (Å²) in [6.07, 6.45) is -0.0471. The second-order valence-electron chi connectivity index (χ2n) is 9.47. The molecule has 5 nitrogen and oxygen atoms in total. The Balaban J connectivity index is 0.000000161. The van der Waals surface area contributed by atoms with Crippen molar-refractivity contribution >= 4 is 10.1 Å². The number of halogens is 3. The summed E-state index contributed by atoms with van der Waals surface area (Å²) in [5.74, 6) is 0.803. The molecule has 6 rings (SSSR count). The molecule has 1 aliphatic heterocycles. The third kappa shape index (κ3) is 3.82. The number of hydrogen-bond acceptors (Lipinski definition) is 4. The molecule has 5 fully saturated rings. The highest BCUT2D eigenvalue weighted by atomic mass is 32.2. The lowest BCUT2D eigenvalue weighted by Crippen LogP contribution is -2.73. The molecule has 0 aromatic heterocycles. The minimum atomic E-state index is -4.06. The largest absolute Gasteiger partial charge is 0.406 e. The van der Waals surface area contributed by atoms with Gasteiger partial charge in [0.15, 0.2) is 0 Å². The lowest BCUT2D eigenvalue weighted by atomic mass is 9.31. The average Bonchev–Trinajstić information content (AvgIpc) is 3.27. The molecule has 0 atom stereocenters. The minimum absolute atomic E-state index is 0.0666. The van der Waals surface area contributed by atoms with Gasteiger partial charge in [0.2, 0.25) is 0 Å². The molecule has 1 saturated heterocycles. The van der Waals surface area contributed by atoms with Gasteiger partial charge in [0, 0.05) is 6.54 Å². The SMILES string of the molecule is Cc1ccc(S(=O)(=O)O)cc1.FC(F)(F)C1(NCC23CC(C4CNC4)(C2)C3)CC1. The van der Waals surface area contributed by atoms with Crippen molar-refractivity contribution in [2.24, 2.45) is 16.7 Å². The molecule has 2 bridgehead atoms. The highest BCUT2D eigenvalue weighted by molar-refractivity contribution is 7.85.